The predicted octanol–water partition coefficient (Wildman–Crippen LogP) is -1.28. The van der Waals surface area contributed by atoms with Gasteiger partial charge in [0, 0.05) is 6.42 Å². The van der Waals surface area contributed by atoms with E-state index in [1.54, 1.807) is 0 Å². The van der Waals surface area contributed by atoms with Gasteiger partial charge in [-0.3, -0.25) is 9.59 Å². The molecule has 0 bridgehead atoms. The first kappa shape index (κ1) is 10.6. The van der Waals surface area contributed by atoms with E-state index in [9.17, 15) is 14.4 Å². The number of rotatable bonds is 5. The SMILES string of the molecule is O=C(O)C(=O)CC(CO)C(=O)O. The standard InChI is InChI=1S/C6H8O6/c7-2-3(5(9)10)1-4(8)6(11)12/h3,7H,1-2H2,(H,9,10)(H,11,12). The highest BCUT2D eigenvalue weighted by atomic mass is 16.4. The van der Waals surface area contributed by atoms with Gasteiger partial charge in [0.05, 0.1) is 12.5 Å². The summed E-state index contributed by atoms with van der Waals surface area (Å²) in [6, 6.07) is 0. The molecule has 3 N–H and O–H groups in total. The fraction of sp³-hybridized carbons (Fsp3) is 0.500. The van der Waals surface area contributed by atoms with Gasteiger partial charge in [0.15, 0.2) is 0 Å². The highest BCUT2D eigenvalue weighted by molar-refractivity contribution is 6.33. The molecule has 68 valence electrons. The molecule has 6 heteroatoms. The highest BCUT2D eigenvalue weighted by Crippen LogP contribution is 2.02. The van der Waals surface area contributed by atoms with Gasteiger partial charge < -0.3 is 15.3 Å². The number of carboxylic acids is 2. The lowest BCUT2D eigenvalue weighted by molar-refractivity contribution is -0.152. The Labute approximate surface area is 67.4 Å². The number of Topliss-reactive ketones (excluding diaryl/α,β-unsaturated/α-hetero) is 1. The Morgan fingerprint density at radius 2 is 1.67 bits per heavy atom. The summed E-state index contributed by atoms with van der Waals surface area (Å²) in [5, 5.41) is 24.8. The third kappa shape index (κ3) is 3.11. The van der Waals surface area contributed by atoms with Crippen LogP contribution in [-0.4, -0.2) is 39.6 Å². The van der Waals surface area contributed by atoms with Crippen molar-refractivity contribution in [1.82, 2.24) is 0 Å². The summed E-state index contributed by atoms with van der Waals surface area (Å²) < 4.78 is 0. The molecule has 0 rings (SSSR count). The van der Waals surface area contributed by atoms with Gasteiger partial charge in [-0.2, -0.15) is 0 Å². The molecular formula is C6H8O6. The fourth-order valence-electron chi connectivity index (χ4n) is 0.541. The van der Waals surface area contributed by atoms with Crippen molar-refractivity contribution in [2.75, 3.05) is 6.61 Å². The molecular weight excluding hydrogens is 168 g/mol. The minimum Gasteiger partial charge on any atom is -0.481 e. The van der Waals surface area contributed by atoms with E-state index in [0.29, 0.717) is 0 Å². The van der Waals surface area contributed by atoms with Gasteiger partial charge in [-0.25, -0.2) is 4.79 Å². The van der Waals surface area contributed by atoms with E-state index in [0.717, 1.165) is 0 Å². The van der Waals surface area contributed by atoms with E-state index in [2.05, 4.69) is 0 Å². The van der Waals surface area contributed by atoms with Crippen molar-refractivity contribution >= 4 is 17.7 Å². The predicted molar refractivity (Wildman–Crippen MR) is 35.5 cm³/mol. The minimum absolute atomic E-state index is 0.679. The van der Waals surface area contributed by atoms with Gasteiger partial charge in [0.25, 0.3) is 0 Å². The Balaban J connectivity index is 4.12. The summed E-state index contributed by atoms with van der Waals surface area (Å²) in [5.41, 5.74) is 0. The molecule has 0 amide bonds. The number of ketones is 1. The zero-order valence-corrected chi connectivity index (χ0v) is 6.06. The van der Waals surface area contributed by atoms with Crippen LogP contribution in [0, 0.1) is 5.92 Å². The number of carbonyl (C=O) groups excluding carboxylic acids is 1. The van der Waals surface area contributed by atoms with Crippen molar-refractivity contribution in [3.8, 4) is 0 Å². The largest absolute Gasteiger partial charge is 0.481 e. The zero-order valence-electron chi connectivity index (χ0n) is 6.06. The average molecular weight is 176 g/mol. The van der Waals surface area contributed by atoms with Gasteiger partial charge in [0.1, 0.15) is 0 Å². The average Bonchev–Trinajstić information content (AvgIpc) is 1.98. The van der Waals surface area contributed by atoms with E-state index < -0.39 is 36.7 Å². The lowest BCUT2D eigenvalue weighted by atomic mass is 10.0. The van der Waals surface area contributed by atoms with Crippen LogP contribution in [0.25, 0.3) is 0 Å². The van der Waals surface area contributed by atoms with Crippen LogP contribution >= 0.6 is 0 Å². The summed E-state index contributed by atoms with van der Waals surface area (Å²) in [6.07, 6.45) is -0.679. The van der Waals surface area contributed by atoms with Gasteiger partial charge in [-0.1, -0.05) is 0 Å². The van der Waals surface area contributed by atoms with E-state index in [1.807, 2.05) is 0 Å². The topological polar surface area (TPSA) is 112 Å². The molecule has 0 aliphatic rings. The molecule has 0 heterocycles. The molecule has 0 aromatic carbocycles. The van der Waals surface area contributed by atoms with E-state index in [4.69, 9.17) is 15.3 Å². The third-order valence-electron chi connectivity index (χ3n) is 1.24. The molecule has 1 unspecified atom stereocenters. The van der Waals surface area contributed by atoms with Crippen molar-refractivity contribution in [3.05, 3.63) is 0 Å². The number of hydrogen-bond acceptors (Lipinski definition) is 4. The maximum Gasteiger partial charge on any atom is 0.372 e. The molecule has 0 fully saturated rings. The first-order valence-electron chi connectivity index (χ1n) is 3.08. The van der Waals surface area contributed by atoms with E-state index in [-0.39, 0.29) is 0 Å². The molecule has 6 nitrogen and oxygen atoms in total. The number of aliphatic hydroxyl groups excluding tert-OH is 1. The fourth-order valence-corrected chi connectivity index (χ4v) is 0.541. The molecule has 0 aromatic heterocycles. The lowest BCUT2D eigenvalue weighted by Crippen LogP contribution is -2.25. The molecule has 0 aliphatic carbocycles. The number of aliphatic hydroxyl groups is 1. The van der Waals surface area contributed by atoms with Crippen LogP contribution in [-0.2, 0) is 14.4 Å². The second-order valence-corrected chi connectivity index (χ2v) is 2.15. The molecule has 0 saturated heterocycles. The number of carboxylic acid groups (broad SMARTS) is 2. The highest BCUT2D eigenvalue weighted by Gasteiger charge is 2.23. The smallest absolute Gasteiger partial charge is 0.372 e. The quantitative estimate of drug-likeness (QED) is 0.450. The van der Waals surface area contributed by atoms with Gasteiger partial charge in [-0.15, -0.1) is 0 Å². The Hall–Kier alpha value is -1.43. The van der Waals surface area contributed by atoms with Crippen LogP contribution in [0.15, 0.2) is 0 Å². The van der Waals surface area contributed by atoms with Crippen LogP contribution in [0.2, 0.25) is 0 Å². The third-order valence-corrected chi connectivity index (χ3v) is 1.24. The number of carbonyl (C=O) groups is 3. The summed E-state index contributed by atoms with van der Waals surface area (Å²) in [7, 11) is 0. The summed E-state index contributed by atoms with van der Waals surface area (Å²) in [6.45, 7) is -0.742. The summed E-state index contributed by atoms with van der Waals surface area (Å²) in [5.74, 6) is -5.60. The first-order chi connectivity index (χ1) is 5.49. The molecule has 0 aromatic rings. The first-order valence-corrected chi connectivity index (χ1v) is 3.08. The molecule has 0 aliphatic heterocycles. The Kier molecular flexibility index (Phi) is 3.92. The number of aliphatic carboxylic acids is 2. The molecule has 12 heavy (non-hydrogen) atoms. The summed E-state index contributed by atoms with van der Waals surface area (Å²) >= 11 is 0. The molecule has 0 radical (unpaired) electrons. The van der Waals surface area contributed by atoms with Crippen molar-refractivity contribution < 1.29 is 29.7 Å². The maximum atomic E-state index is 10.4. The van der Waals surface area contributed by atoms with Crippen LogP contribution in [0.3, 0.4) is 0 Å². The lowest BCUT2D eigenvalue weighted by Gasteiger charge is -2.04. The minimum atomic E-state index is -1.69. The molecule has 0 spiro atoms. The monoisotopic (exact) mass is 176 g/mol. The van der Waals surface area contributed by atoms with Crippen molar-refractivity contribution in [3.63, 3.8) is 0 Å². The van der Waals surface area contributed by atoms with E-state index in [1.165, 1.54) is 0 Å². The second kappa shape index (κ2) is 4.45. The normalized spacial score (nSPS) is 12.1. The Morgan fingerprint density at radius 1 is 1.17 bits per heavy atom. The van der Waals surface area contributed by atoms with Crippen LogP contribution in [0.4, 0.5) is 0 Å². The summed E-state index contributed by atoms with van der Waals surface area (Å²) in [4.78, 5) is 30.6. The van der Waals surface area contributed by atoms with Crippen molar-refractivity contribution in [2.24, 2.45) is 5.92 Å². The second-order valence-electron chi connectivity index (χ2n) is 2.15. The Bertz CT molecular complexity index is 208. The van der Waals surface area contributed by atoms with Gasteiger partial charge in [-0.05, 0) is 0 Å². The Morgan fingerprint density at radius 3 is 1.92 bits per heavy atom. The zero-order chi connectivity index (χ0) is 9.72. The van der Waals surface area contributed by atoms with Crippen molar-refractivity contribution in [1.29, 1.82) is 0 Å². The molecule has 0 saturated carbocycles. The van der Waals surface area contributed by atoms with Gasteiger partial charge >= 0.3 is 11.9 Å². The molecule has 1 atom stereocenters. The van der Waals surface area contributed by atoms with Crippen LogP contribution < -0.4 is 0 Å². The maximum absolute atomic E-state index is 10.4. The van der Waals surface area contributed by atoms with Crippen molar-refractivity contribution in [2.45, 2.75) is 6.42 Å². The van der Waals surface area contributed by atoms with Crippen LogP contribution in [0.5, 0.6) is 0 Å². The van der Waals surface area contributed by atoms with E-state index >= 15 is 0 Å². The van der Waals surface area contributed by atoms with Crippen LogP contribution in [0.1, 0.15) is 6.42 Å². The van der Waals surface area contributed by atoms with Gasteiger partial charge in [0.2, 0.25) is 5.78 Å². The number of hydrogen-bond donors (Lipinski definition) is 3.